The van der Waals surface area contributed by atoms with Crippen molar-refractivity contribution in [3.63, 3.8) is 0 Å². The maximum Gasteiger partial charge on any atom is 0.243 e. The van der Waals surface area contributed by atoms with Crippen LogP contribution in [0.5, 0.6) is 5.75 Å². The Morgan fingerprint density at radius 1 is 1.22 bits per heavy atom. The summed E-state index contributed by atoms with van der Waals surface area (Å²) in [5.41, 5.74) is 0.826. The van der Waals surface area contributed by atoms with Crippen LogP contribution in [0, 0.1) is 0 Å². The van der Waals surface area contributed by atoms with Gasteiger partial charge in [0.1, 0.15) is 18.7 Å². The van der Waals surface area contributed by atoms with Crippen LogP contribution in [-0.4, -0.2) is 39.5 Å². The van der Waals surface area contributed by atoms with Gasteiger partial charge in [0.2, 0.25) is 10.0 Å². The molecule has 0 aliphatic rings. The van der Waals surface area contributed by atoms with Crippen LogP contribution in [0.2, 0.25) is 0 Å². The third kappa shape index (κ3) is 4.15. The molecule has 0 amide bonds. The van der Waals surface area contributed by atoms with E-state index in [0.29, 0.717) is 11.6 Å². The molecule has 8 nitrogen and oxygen atoms in total. The van der Waals surface area contributed by atoms with Crippen molar-refractivity contribution in [3.8, 4) is 5.75 Å². The Morgan fingerprint density at radius 3 is 2.56 bits per heavy atom. The second-order valence-electron chi connectivity index (χ2n) is 6.04. The number of benzene rings is 1. The molecule has 3 rings (SSSR count). The lowest BCUT2D eigenvalue weighted by Crippen LogP contribution is -2.29. The number of aryl methyl sites for hydroxylation is 1. The SMILES string of the molecule is C[C@@H](c1cccnc1)N(C)S(=O)(=O)c1ccc(OCc2ncnn2C)cc1. The van der Waals surface area contributed by atoms with Crippen molar-refractivity contribution in [3.05, 3.63) is 66.5 Å². The van der Waals surface area contributed by atoms with Crippen LogP contribution >= 0.6 is 0 Å². The van der Waals surface area contributed by atoms with Gasteiger partial charge in [-0.15, -0.1) is 0 Å². The Kier molecular flexibility index (Phi) is 5.52. The largest absolute Gasteiger partial charge is 0.486 e. The summed E-state index contributed by atoms with van der Waals surface area (Å²) < 4.78 is 34.4. The van der Waals surface area contributed by atoms with Crippen LogP contribution < -0.4 is 4.74 Å². The molecular weight excluding hydrogens is 366 g/mol. The van der Waals surface area contributed by atoms with E-state index in [1.165, 1.54) is 22.8 Å². The molecule has 0 saturated carbocycles. The molecule has 0 bridgehead atoms. The van der Waals surface area contributed by atoms with Gasteiger partial charge in [-0.1, -0.05) is 6.07 Å². The number of ether oxygens (including phenoxy) is 1. The number of aromatic nitrogens is 4. The highest BCUT2D eigenvalue weighted by molar-refractivity contribution is 7.89. The predicted molar refractivity (Wildman–Crippen MR) is 99.4 cm³/mol. The molecule has 3 aromatic rings. The average Bonchev–Trinajstić information content (AvgIpc) is 3.11. The molecule has 1 aromatic carbocycles. The molecule has 0 unspecified atom stereocenters. The van der Waals surface area contributed by atoms with Gasteiger partial charge in [0, 0.05) is 32.5 Å². The van der Waals surface area contributed by atoms with Crippen molar-refractivity contribution < 1.29 is 13.2 Å². The van der Waals surface area contributed by atoms with Gasteiger partial charge in [-0.3, -0.25) is 9.67 Å². The second kappa shape index (κ2) is 7.85. The van der Waals surface area contributed by atoms with Crippen LogP contribution in [0.1, 0.15) is 24.4 Å². The van der Waals surface area contributed by atoms with Gasteiger partial charge in [-0.2, -0.15) is 9.40 Å². The smallest absolute Gasteiger partial charge is 0.243 e. The highest BCUT2D eigenvalue weighted by atomic mass is 32.2. The van der Waals surface area contributed by atoms with Crippen LogP contribution in [-0.2, 0) is 23.7 Å². The zero-order chi connectivity index (χ0) is 19.4. The van der Waals surface area contributed by atoms with E-state index in [0.717, 1.165) is 5.56 Å². The summed E-state index contributed by atoms with van der Waals surface area (Å²) in [4.78, 5) is 8.33. The highest BCUT2D eigenvalue weighted by Crippen LogP contribution is 2.26. The summed E-state index contributed by atoms with van der Waals surface area (Å²) >= 11 is 0. The minimum Gasteiger partial charge on any atom is -0.486 e. The van der Waals surface area contributed by atoms with Crippen LogP contribution in [0.4, 0.5) is 0 Å². The van der Waals surface area contributed by atoms with Gasteiger partial charge in [-0.25, -0.2) is 13.4 Å². The number of rotatable bonds is 7. The molecule has 142 valence electrons. The fourth-order valence-corrected chi connectivity index (χ4v) is 3.86. The number of hydrogen-bond donors (Lipinski definition) is 0. The summed E-state index contributed by atoms with van der Waals surface area (Å²) in [6, 6.07) is 9.64. The molecule has 0 N–H and O–H groups in total. The topological polar surface area (TPSA) is 90.2 Å². The standard InChI is InChI=1S/C18H21N5O3S/c1-14(15-5-4-10-19-11-15)23(3)27(24,25)17-8-6-16(7-9-17)26-12-18-20-13-21-22(18)2/h4-11,13-14H,12H2,1-3H3/t14-/m0/s1. The maximum absolute atomic E-state index is 12.9. The first-order chi connectivity index (χ1) is 12.9. The fraction of sp³-hybridized carbons (Fsp3) is 0.278. The Labute approximate surface area is 158 Å². The van der Waals surface area contributed by atoms with E-state index >= 15 is 0 Å². The molecule has 0 fully saturated rings. The number of pyridine rings is 1. The van der Waals surface area contributed by atoms with E-state index in [4.69, 9.17) is 4.74 Å². The summed E-state index contributed by atoms with van der Waals surface area (Å²) in [5, 5.41) is 3.97. The quantitative estimate of drug-likeness (QED) is 0.617. The van der Waals surface area contributed by atoms with Crippen molar-refractivity contribution in [2.45, 2.75) is 24.5 Å². The van der Waals surface area contributed by atoms with Gasteiger partial charge in [-0.05, 0) is 42.8 Å². The summed E-state index contributed by atoms with van der Waals surface area (Å²) in [5.74, 6) is 1.23. The molecule has 2 heterocycles. The van der Waals surface area contributed by atoms with E-state index < -0.39 is 10.0 Å². The minimum atomic E-state index is -3.64. The second-order valence-corrected chi connectivity index (χ2v) is 8.04. The van der Waals surface area contributed by atoms with Crippen molar-refractivity contribution in [1.29, 1.82) is 0 Å². The number of sulfonamides is 1. The van der Waals surface area contributed by atoms with Crippen molar-refractivity contribution in [2.24, 2.45) is 7.05 Å². The molecule has 0 spiro atoms. The number of nitrogens with zero attached hydrogens (tertiary/aromatic N) is 5. The van der Waals surface area contributed by atoms with Crippen molar-refractivity contribution in [1.82, 2.24) is 24.1 Å². The summed E-state index contributed by atoms with van der Waals surface area (Å²) in [6.45, 7) is 2.08. The van der Waals surface area contributed by atoms with Crippen LogP contribution in [0.25, 0.3) is 0 Å². The van der Waals surface area contributed by atoms with E-state index in [9.17, 15) is 8.42 Å². The lowest BCUT2D eigenvalue weighted by Gasteiger charge is -2.24. The van der Waals surface area contributed by atoms with Gasteiger partial charge in [0.15, 0.2) is 5.82 Å². The molecule has 0 aliphatic carbocycles. The first-order valence-electron chi connectivity index (χ1n) is 8.33. The monoisotopic (exact) mass is 387 g/mol. The summed E-state index contributed by atoms with van der Waals surface area (Å²) in [6.07, 6.45) is 4.78. The Balaban J connectivity index is 1.72. The fourth-order valence-electron chi connectivity index (χ4n) is 2.51. The van der Waals surface area contributed by atoms with E-state index in [2.05, 4.69) is 15.1 Å². The average molecular weight is 387 g/mol. The molecule has 0 aliphatic heterocycles. The van der Waals surface area contributed by atoms with Crippen molar-refractivity contribution in [2.75, 3.05) is 7.05 Å². The van der Waals surface area contributed by atoms with Gasteiger partial charge in [0.25, 0.3) is 0 Å². The lowest BCUT2D eigenvalue weighted by molar-refractivity contribution is 0.289. The first kappa shape index (κ1) is 19.0. The van der Waals surface area contributed by atoms with Gasteiger partial charge < -0.3 is 4.74 Å². The molecular formula is C18H21N5O3S. The first-order valence-corrected chi connectivity index (χ1v) is 9.77. The van der Waals surface area contributed by atoms with Gasteiger partial charge in [0.05, 0.1) is 4.90 Å². The minimum absolute atomic E-state index is 0.201. The molecule has 1 atom stereocenters. The van der Waals surface area contributed by atoms with Crippen LogP contribution in [0.3, 0.4) is 0 Å². The van der Waals surface area contributed by atoms with Crippen LogP contribution in [0.15, 0.2) is 60.0 Å². The third-order valence-corrected chi connectivity index (χ3v) is 6.33. The lowest BCUT2D eigenvalue weighted by atomic mass is 10.1. The Morgan fingerprint density at radius 2 is 1.96 bits per heavy atom. The molecule has 9 heteroatoms. The zero-order valence-electron chi connectivity index (χ0n) is 15.3. The highest BCUT2D eigenvalue weighted by Gasteiger charge is 2.26. The Hall–Kier alpha value is -2.78. The number of hydrogen-bond acceptors (Lipinski definition) is 6. The van der Waals surface area contributed by atoms with E-state index in [1.807, 2.05) is 13.0 Å². The Bertz CT molecular complexity index is 987. The third-order valence-electron chi connectivity index (χ3n) is 4.39. The normalized spacial score (nSPS) is 12.9. The van der Waals surface area contributed by atoms with Crippen molar-refractivity contribution >= 4 is 10.0 Å². The molecule has 0 saturated heterocycles. The van der Waals surface area contributed by atoms with Gasteiger partial charge >= 0.3 is 0 Å². The van der Waals surface area contributed by atoms with E-state index in [-0.39, 0.29) is 17.5 Å². The molecule has 27 heavy (non-hydrogen) atoms. The molecule has 2 aromatic heterocycles. The van der Waals surface area contributed by atoms with E-state index in [1.54, 1.807) is 49.4 Å². The maximum atomic E-state index is 12.9. The predicted octanol–water partition coefficient (Wildman–Crippen LogP) is 2.17. The molecule has 0 radical (unpaired) electrons. The summed E-state index contributed by atoms with van der Waals surface area (Å²) in [7, 11) is -0.305. The zero-order valence-corrected chi connectivity index (χ0v) is 16.2.